The number of ether oxygens (including phenoxy) is 1. The molecule has 4 aromatic rings. The molecule has 0 saturated heterocycles. The van der Waals surface area contributed by atoms with Crippen molar-refractivity contribution >= 4 is 28.4 Å². The van der Waals surface area contributed by atoms with Gasteiger partial charge in [0.25, 0.3) is 0 Å². The van der Waals surface area contributed by atoms with Gasteiger partial charge in [-0.2, -0.15) is 4.52 Å². The highest BCUT2D eigenvalue weighted by Crippen LogP contribution is 2.21. The van der Waals surface area contributed by atoms with Gasteiger partial charge in [-0.15, -0.1) is 5.10 Å². The number of pyridine rings is 1. The van der Waals surface area contributed by atoms with Crippen LogP contribution in [0.5, 0.6) is 5.75 Å². The summed E-state index contributed by atoms with van der Waals surface area (Å²) in [5, 5.41) is 12.9. The maximum Gasteiger partial charge on any atom is 0.187 e. The molecular weight excluding hydrogens is 328 g/mol. The summed E-state index contributed by atoms with van der Waals surface area (Å²) in [7, 11) is 1.59. The zero-order valence-electron chi connectivity index (χ0n) is 14.4. The molecule has 0 fully saturated rings. The molecule has 0 atom stereocenters. The van der Waals surface area contributed by atoms with E-state index in [2.05, 4.69) is 21.6 Å². The number of nitrogens with zero attached hydrogens (tertiary/aromatic N) is 4. The molecule has 2 aromatic heterocycles. The Balaban J connectivity index is 1.74. The Hall–Kier alpha value is -3.54. The monoisotopic (exact) mass is 344 g/mol. The van der Waals surface area contributed by atoms with E-state index in [0.717, 1.165) is 22.0 Å². The van der Waals surface area contributed by atoms with E-state index in [1.807, 2.05) is 25.1 Å². The molecule has 2 heterocycles. The number of hydrogen-bond donors (Lipinski definition) is 0. The van der Waals surface area contributed by atoms with Crippen LogP contribution in [0.25, 0.3) is 22.6 Å². The first-order valence-corrected chi connectivity index (χ1v) is 8.13. The number of tetrazole rings is 1. The fourth-order valence-corrected chi connectivity index (χ4v) is 2.88. The second-order valence-electron chi connectivity index (χ2n) is 6.00. The number of carbonyl (C=O) groups excluding carboxylic acids is 1. The summed E-state index contributed by atoms with van der Waals surface area (Å²) < 4.78 is 6.80. The molecular formula is C20H16N4O2. The van der Waals surface area contributed by atoms with Gasteiger partial charge in [0.05, 0.1) is 12.6 Å². The lowest BCUT2D eigenvalue weighted by molar-refractivity contribution is 0.104. The Morgan fingerprint density at radius 3 is 2.69 bits per heavy atom. The van der Waals surface area contributed by atoms with Crippen molar-refractivity contribution in [3.05, 3.63) is 71.3 Å². The highest BCUT2D eigenvalue weighted by molar-refractivity contribution is 6.07. The molecule has 0 spiro atoms. The Bertz CT molecular complexity index is 1140. The number of hydrogen-bond acceptors (Lipinski definition) is 5. The molecule has 4 rings (SSSR count). The van der Waals surface area contributed by atoms with Crippen LogP contribution >= 0.6 is 0 Å². The van der Waals surface area contributed by atoms with Crippen molar-refractivity contribution in [1.29, 1.82) is 0 Å². The SMILES string of the molecule is COc1ccc(C(=O)/C=C/c2cc3cc(C)ccc3n3nnnc23)cc1. The number of rotatable bonds is 4. The summed E-state index contributed by atoms with van der Waals surface area (Å²) in [5.41, 5.74) is 4.06. The second kappa shape index (κ2) is 6.40. The average molecular weight is 344 g/mol. The molecule has 0 N–H and O–H groups in total. The van der Waals surface area contributed by atoms with E-state index in [4.69, 9.17) is 4.74 Å². The van der Waals surface area contributed by atoms with E-state index in [1.54, 1.807) is 42.0 Å². The molecule has 0 amide bonds. The van der Waals surface area contributed by atoms with E-state index in [1.165, 1.54) is 6.08 Å². The molecule has 0 saturated carbocycles. The van der Waals surface area contributed by atoms with Gasteiger partial charge in [-0.3, -0.25) is 4.79 Å². The Labute approximate surface area is 149 Å². The lowest BCUT2D eigenvalue weighted by Crippen LogP contribution is -1.96. The van der Waals surface area contributed by atoms with Crippen LogP contribution in [-0.4, -0.2) is 32.9 Å². The van der Waals surface area contributed by atoms with Crippen molar-refractivity contribution in [3.8, 4) is 5.75 Å². The number of carbonyl (C=O) groups is 1. The quantitative estimate of drug-likeness (QED) is 0.419. The molecule has 128 valence electrons. The van der Waals surface area contributed by atoms with Crippen molar-refractivity contribution in [2.45, 2.75) is 6.92 Å². The first kappa shape index (κ1) is 16.0. The fraction of sp³-hybridized carbons (Fsp3) is 0.100. The number of aromatic nitrogens is 4. The summed E-state index contributed by atoms with van der Waals surface area (Å²) >= 11 is 0. The summed E-state index contributed by atoms with van der Waals surface area (Å²) in [4.78, 5) is 12.4. The highest BCUT2D eigenvalue weighted by Gasteiger charge is 2.09. The summed E-state index contributed by atoms with van der Waals surface area (Å²) in [6.07, 6.45) is 3.29. The standard InChI is InChI=1S/C20H16N4O2/c1-13-3-9-18-16(11-13)12-15(20-21-22-23-24(18)20)6-10-19(25)14-4-7-17(26-2)8-5-14/h3-12H,1-2H3/b10-6+. The normalized spacial score (nSPS) is 11.5. The van der Waals surface area contributed by atoms with Crippen LogP contribution < -0.4 is 4.74 Å². The molecule has 0 unspecified atom stereocenters. The van der Waals surface area contributed by atoms with Gasteiger partial charge in [0.2, 0.25) is 0 Å². The largest absolute Gasteiger partial charge is 0.497 e. The zero-order valence-corrected chi connectivity index (χ0v) is 14.4. The maximum atomic E-state index is 12.4. The van der Waals surface area contributed by atoms with Gasteiger partial charge < -0.3 is 4.74 Å². The lowest BCUT2D eigenvalue weighted by atomic mass is 10.1. The maximum absolute atomic E-state index is 12.4. The first-order valence-electron chi connectivity index (χ1n) is 8.13. The third-order valence-corrected chi connectivity index (χ3v) is 4.24. The third kappa shape index (κ3) is 2.82. The predicted octanol–water partition coefficient (Wildman–Crippen LogP) is 3.49. The molecule has 0 aliphatic heterocycles. The zero-order chi connectivity index (χ0) is 18.1. The van der Waals surface area contributed by atoms with Crippen LogP contribution in [0, 0.1) is 6.92 Å². The summed E-state index contributed by atoms with van der Waals surface area (Å²) in [5.74, 6) is 0.620. The second-order valence-corrected chi connectivity index (χ2v) is 6.00. The smallest absolute Gasteiger partial charge is 0.187 e. The predicted molar refractivity (Wildman–Crippen MR) is 99.4 cm³/mol. The van der Waals surface area contributed by atoms with Crippen molar-refractivity contribution in [3.63, 3.8) is 0 Å². The first-order chi connectivity index (χ1) is 12.7. The highest BCUT2D eigenvalue weighted by atomic mass is 16.5. The van der Waals surface area contributed by atoms with E-state index in [9.17, 15) is 4.79 Å². The van der Waals surface area contributed by atoms with Crippen LogP contribution in [0.3, 0.4) is 0 Å². The van der Waals surface area contributed by atoms with Crippen molar-refractivity contribution < 1.29 is 9.53 Å². The molecule has 0 bridgehead atoms. The minimum absolute atomic E-state index is 0.0948. The van der Waals surface area contributed by atoms with Gasteiger partial charge in [0, 0.05) is 16.5 Å². The minimum Gasteiger partial charge on any atom is -0.497 e. The van der Waals surface area contributed by atoms with E-state index < -0.39 is 0 Å². The number of fused-ring (bicyclic) bond motifs is 3. The van der Waals surface area contributed by atoms with E-state index in [-0.39, 0.29) is 5.78 Å². The van der Waals surface area contributed by atoms with Gasteiger partial charge >= 0.3 is 0 Å². The van der Waals surface area contributed by atoms with Gasteiger partial charge in [-0.05, 0) is 72.0 Å². The number of aryl methyl sites for hydroxylation is 1. The van der Waals surface area contributed by atoms with Gasteiger partial charge in [0.1, 0.15) is 5.75 Å². The molecule has 0 aliphatic carbocycles. The molecule has 6 heteroatoms. The van der Waals surface area contributed by atoms with Gasteiger partial charge in [-0.1, -0.05) is 11.6 Å². The minimum atomic E-state index is -0.0948. The molecule has 0 aliphatic rings. The van der Waals surface area contributed by atoms with Crippen molar-refractivity contribution in [2.75, 3.05) is 7.11 Å². The molecule has 2 aromatic carbocycles. The average Bonchev–Trinajstić information content (AvgIpc) is 3.15. The van der Waals surface area contributed by atoms with Crippen LogP contribution in [0.4, 0.5) is 0 Å². The van der Waals surface area contributed by atoms with Crippen LogP contribution in [0.15, 0.2) is 54.6 Å². The van der Waals surface area contributed by atoms with Gasteiger partial charge in [0.15, 0.2) is 11.4 Å². The van der Waals surface area contributed by atoms with Gasteiger partial charge in [-0.25, -0.2) is 0 Å². The third-order valence-electron chi connectivity index (χ3n) is 4.24. The number of ketones is 1. The number of allylic oxidation sites excluding steroid dienone is 1. The topological polar surface area (TPSA) is 69.4 Å². The van der Waals surface area contributed by atoms with Crippen molar-refractivity contribution in [1.82, 2.24) is 20.0 Å². The number of benzene rings is 2. The Kier molecular flexibility index (Phi) is 3.93. The van der Waals surface area contributed by atoms with Crippen molar-refractivity contribution in [2.24, 2.45) is 0 Å². The number of methoxy groups -OCH3 is 1. The van der Waals surface area contributed by atoms with E-state index in [0.29, 0.717) is 17.0 Å². The Morgan fingerprint density at radius 2 is 1.92 bits per heavy atom. The molecule has 6 nitrogen and oxygen atoms in total. The van der Waals surface area contributed by atoms with Crippen LogP contribution in [0.1, 0.15) is 21.5 Å². The fourth-order valence-electron chi connectivity index (χ4n) is 2.88. The summed E-state index contributed by atoms with van der Waals surface area (Å²) in [6.45, 7) is 2.03. The molecule has 0 radical (unpaired) electrons. The van der Waals surface area contributed by atoms with E-state index >= 15 is 0 Å². The van der Waals surface area contributed by atoms with Crippen LogP contribution in [0.2, 0.25) is 0 Å². The van der Waals surface area contributed by atoms with Crippen LogP contribution in [-0.2, 0) is 0 Å². The Morgan fingerprint density at radius 1 is 1.12 bits per heavy atom. The lowest BCUT2D eigenvalue weighted by Gasteiger charge is -2.04. The molecule has 26 heavy (non-hydrogen) atoms. The summed E-state index contributed by atoms with van der Waals surface area (Å²) in [6, 6.07) is 15.1.